The summed E-state index contributed by atoms with van der Waals surface area (Å²) in [5.74, 6) is 1.40. The minimum absolute atomic E-state index is 0.170. The summed E-state index contributed by atoms with van der Waals surface area (Å²) in [6, 6.07) is 9.59. The van der Waals surface area contributed by atoms with E-state index in [4.69, 9.17) is 0 Å². The molecule has 0 saturated carbocycles. The molecule has 0 atom stereocenters. The Morgan fingerprint density at radius 2 is 1.75 bits per heavy atom. The fourth-order valence-corrected chi connectivity index (χ4v) is 2.90. The first-order valence-corrected chi connectivity index (χ1v) is 7.75. The molecule has 0 bridgehead atoms. The first-order chi connectivity index (χ1) is 11.3. The van der Waals surface area contributed by atoms with E-state index in [0.29, 0.717) is 12.4 Å². The van der Waals surface area contributed by atoms with Gasteiger partial charge in [0, 0.05) is 25.7 Å². The van der Waals surface area contributed by atoms with Crippen LogP contribution in [0.3, 0.4) is 0 Å². The number of likely N-dealkylation sites (tertiary alicyclic amines) is 1. The lowest BCUT2D eigenvalue weighted by Gasteiger charge is -2.38. The zero-order chi connectivity index (χ0) is 17.4. The fourth-order valence-electron chi connectivity index (χ4n) is 2.90. The molecule has 3 rings (SSSR count). The van der Waals surface area contributed by atoms with Crippen molar-refractivity contribution in [3.63, 3.8) is 0 Å². The molecule has 1 aromatic heterocycles. The zero-order valence-corrected chi connectivity index (χ0v) is 13.3. The van der Waals surface area contributed by atoms with Gasteiger partial charge in [-0.1, -0.05) is 30.3 Å². The van der Waals surface area contributed by atoms with E-state index in [1.165, 1.54) is 0 Å². The molecule has 1 aromatic carbocycles. The predicted octanol–water partition coefficient (Wildman–Crippen LogP) is 2.37. The molecule has 5 nitrogen and oxygen atoms in total. The molecule has 1 N–H and O–H groups in total. The van der Waals surface area contributed by atoms with E-state index in [1.807, 2.05) is 46.8 Å². The maximum absolute atomic E-state index is 12.8. The normalized spacial score (nSPS) is 18.7. The van der Waals surface area contributed by atoms with Gasteiger partial charge in [-0.15, -0.1) is 10.2 Å². The van der Waals surface area contributed by atoms with Crippen molar-refractivity contribution in [3.8, 4) is 11.4 Å². The second-order valence-electron chi connectivity index (χ2n) is 6.17. The van der Waals surface area contributed by atoms with Crippen molar-refractivity contribution < 1.29 is 18.3 Å². The highest BCUT2D eigenvalue weighted by molar-refractivity contribution is 5.54. The van der Waals surface area contributed by atoms with E-state index in [0.717, 1.165) is 11.4 Å². The number of hydrogen-bond acceptors (Lipinski definition) is 4. The van der Waals surface area contributed by atoms with Crippen molar-refractivity contribution in [2.75, 3.05) is 13.1 Å². The standard InChI is InChI=1S/C16H19F3N4O/c1-22-13(20-21-14(22)12-5-3-2-4-6-12)11-23-9-7-15(24,8-10-23)16(17,18)19/h2-6,24H,7-11H2,1H3. The Balaban J connectivity index is 1.68. The lowest BCUT2D eigenvalue weighted by Crippen LogP contribution is -2.53. The summed E-state index contributed by atoms with van der Waals surface area (Å²) in [7, 11) is 1.84. The van der Waals surface area contributed by atoms with Gasteiger partial charge in [0.15, 0.2) is 11.4 Å². The summed E-state index contributed by atoms with van der Waals surface area (Å²) in [5, 5.41) is 18.0. The second kappa shape index (κ2) is 6.18. The Morgan fingerprint density at radius 1 is 1.12 bits per heavy atom. The lowest BCUT2D eigenvalue weighted by molar-refractivity contribution is -0.273. The van der Waals surface area contributed by atoms with Gasteiger partial charge in [-0.05, 0) is 12.8 Å². The first-order valence-electron chi connectivity index (χ1n) is 7.75. The molecule has 24 heavy (non-hydrogen) atoms. The Kier molecular flexibility index (Phi) is 4.35. The number of hydrogen-bond donors (Lipinski definition) is 1. The van der Waals surface area contributed by atoms with Gasteiger partial charge in [-0.2, -0.15) is 13.2 Å². The van der Waals surface area contributed by atoms with Crippen molar-refractivity contribution in [2.45, 2.75) is 31.2 Å². The van der Waals surface area contributed by atoms with E-state index < -0.39 is 11.8 Å². The smallest absolute Gasteiger partial charge is 0.380 e. The largest absolute Gasteiger partial charge is 0.417 e. The van der Waals surface area contributed by atoms with Crippen LogP contribution in [0.5, 0.6) is 0 Å². The van der Waals surface area contributed by atoms with Gasteiger partial charge in [-0.25, -0.2) is 0 Å². The van der Waals surface area contributed by atoms with Crippen molar-refractivity contribution >= 4 is 0 Å². The van der Waals surface area contributed by atoms with Crippen LogP contribution < -0.4 is 0 Å². The van der Waals surface area contributed by atoms with Crippen LogP contribution in [0.25, 0.3) is 11.4 Å². The Labute approximate surface area is 137 Å². The number of piperidine rings is 1. The number of halogens is 3. The quantitative estimate of drug-likeness (QED) is 0.932. The molecular formula is C16H19F3N4O. The molecule has 1 saturated heterocycles. The fraction of sp³-hybridized carbons (Fsp3) is 0.500. The molecule has 1 aliphatic rings. The highest BCUT2D eigenvalue weighted by Crippen LogP contribution is 2.38. The molecule has 130 valence electrons. The van der Waals surface area contributed by atoms with Crippen molar-refractivity contribution in [1.82, 2.24) is 19.7 Å². The average molecular weight is 340 g/mol. The Bertz CT molecular complexity index is 691. The summed E-state index contributed by atoms with van der Waals surface area (Å²) in [6.07, 6.45) is -5.22. The number of benzene rings is 1. The van der Waals surface area contributed by atoms with Gasteiger partial charge in [0.05, 0.1) is 6.54 Å². The molecule has 0 aliphatic carbocycles. The number of alkyl halides is 3. The number of rotatable bonds is 3. The summed E-state index contributed by atoms with van der Waals surface area (Å²) < 4.78 is 40.4. The molecule has 0 spiro atoms. The molecule has 0 unspecified atom stereocenters. The van der Waals surface area contributed by atoms with Gasteiger partial charge in [0.1, 0.15) is 5.82 Å². The summed E-state index contributed by atoms with van der Waals surface area (Å²) >= 11 is 0. The molecule has 1 fully saturated rings. The third kappa shape index (κ3) is 3.16. The van der Waals surface area contributed by atoms with Gasteiger partial charge < -0.3 is 9.67 Å². The molecule has 0 amide bonds. The SMILES string of the molecule is Cn1c(CN2CCC(O)(C(F)(F)F)CC2)nnc1-c1ccccc1. The maximum atomic E-state index is 12.8. The van der Waals surface area contributed by atoms with E-state index in [2.05, 4.69) is 10.2 Å². The summed E-state index contributed by atoms with van der Waals surface area (Å²) in [4.78, 5) is 1.86. The second-order valence-corrected chi connectivity index (χ2v) is 6.17. The molecule has 2 aromatic rings. The average Bonchev–Trinajstić information content (AvgIpc) is 2.90. The van der Waals surface area contributed by atoms with Gasteiger partial charge in [0.2, 0.25) is 0 Å². The molecular weight excluding hydrogens is 321 g/mol. The van der Waals surface area contributed by atoms with E-state index >= 15 is 0 Å². The number of aliphatic hydroxyl groups is 1. The molecule has 1 aliphatic heterocycles. The van der Waals surface area contributed by atoms with E-state index in [9.17, 15) is 18.3 Å². The first kappa shape index (κ1) is 16.9. The van der Waals surface area contributed by atoms with Gasteiger partial charge >= 0.3 is 6.18 Å². The van der Waals surface area contributed by atoms with Crippen molar-refractivity contribution in [2.24, 2.45) is 7.05 Å². The van der Waals surface area contributed by atoms with Crippen LogP contribution in [0, 0.1) is 0 Å². The Morgan fingerprint density at radius 3 is 2.33 bits per heavy atom. The van der Waals surface area contributed by atoms with Crippen LogP contribution >= 0.6 is 0 Å². The third-order valence-electron chi connectivity index (χ3n) is 4.57. The molecule has 8 heteroatoms. The van der Waals surface area contributed by atoms with Crippen LogP contribution in [0.4, 0.5) is 13.2 Å². The van der Waals surface area contributed by atoms with E-state index in [-0.39, 0.29) is 25.9 Å². The molecule has 2 heterocycles. The van der Waals surface area contributed by atoms with Crippen LogP contribution in [-0.4, -0.2) is 49.6 Å². The highest BCUT2D eigenvalue weighted by atomic mass is 19.4. The predicted molar refractivity (Wildman–Crippen MR) is 82.0 cm³/mol. The zero-order valence-electron chi connectivity index (χ0n) is 13.3. The van der Waals surface area contributed by atoms with Gasteiger partial charge in [0.25, 0.3) is 0 Å². The van der Waals surface area contributed by atoms with Gasteiger partial charge in [-0.3, -0.25) is 4.90 Å². The van der Waals surface area contributed by atoms with Crippen LogP contribution in [0.1, 0.15) is 18.7 Å². The molecule has 0 radical (unpaired) electrons. The lowest BCUT2D eigenvalue weighted by atomic mass is 9.91. The minimum atomic E-state index is -4.58. The maximum Gasteiger partial charge on any atom is 0.417 e. The number of nitrogens with zero attached hydrogens (tertiary/aromatic N) is 4. The number of aromatic nitrogens is 3. The minimum Gasteiger partial charge on any atom is -0.380 e. The van der Waals surface area contributed by atoms with Crippen LogP contribution in [0.15, 0.2) is 30.3 Å². The van der Waals surface area contributed by atoms with Crippen molar-refractivity contribution in [1.29, 1.82) is 0 Å². The highest BCUT2D eigenvalue weighted by Gasteiger charge is 2.54. The monoisotopic (exact) mass is 340 g/mol. The van der Waals surface area contributed by atoms with E-state index in [1.54, 1.807) is 0 Å². The van der Waals surface area contributed by atoms with Crippen molar-refractivity contribution in [3.05, 3.63) is 36.2 Å². The topological polar surface area (TPSA) is 54.2 Å². The van der Waals surface area contributed by atoms with Crippen LogP contribution in [0.2, 0.25) is 0 Å². The van der Waals surface area contributed by atoms with Crippen LogP contribution in [-0.2, 0) is 13.6 Å². The summed E-state index contributed by atoms with van der Waals surface area (Å²) in [6.45, 7) is 0.747. The summed E-state index contributed by atoms with van der Waals surface area (Å²) in [5.41, 5.74) is -1.64. The third-order valence-corrected chi connectivity index (χ3v) is 4.57. The Hall–Kier alpha value is -1.93.